The molecule has 2 N–H and O–H groups in total. The molecule has 1 spiro atoms. The van der Waals surface area contributed by atoms with Crippen LogP contribution in [0.1, 0.15) is 38.7 Å². The molecular weight excluding hydrogens is 346 g/mol. The predicted octanol–water partition coefficient (Wildman–Crippen LogP) is 1.52. The van der Waals surface area contributed by atoms with Crippen LogP contribution in [0.5, 0.6) is 5.75 Å². The first-order valence-electron chi connectivity index (χ1n) is 9.06. The smallest absolute Gasteiger partial charge is 0.325 e. The number of fused-ring (bicyclic) bond motifs is 2. The summed E-state index contributed by atoms with van der Waals surface area (Å²) in [5, 5.41) is 5.56. The van der Waals surface area contributed by atoms with Gasteiger partial charge in [-0.05, 0) is 18.9 Å². The van der Waals surface area contributed by atoms with Crippen LogP contribution in [0, 0.1) is 12.3 Å². The van der Waals surface area contributed by atoms with Crippen molar-refractivity contribution in [3.63, 3.8) is 0 Å². The maximum absolute atomic E-state index is 13.1. The molecule has 0 radical (unpaired) electrons. The molecule has 0 saturated carbocycles. The number of carbonyl (C=O) groups excluding carboxylic acids is 3. The van der Waals surface area contributed by atoms with E-state index in [2.05, 4.69) is 16.6 Å². The lowest BCUT2D eigenvalue weighted by Gasteiger charge is -2.33. The average molecular weight is 369 g/mol. The Labute approximate surface area is 158 Å². The van der Waals surface area contributed by atoms with Crippen molar-refractivity contribution >= 4 is 17.8 Å². The van der Waals surface area contributed by atoms with Crippen LogP contribution >= 0.6 is 0 Å². The number of terminal acetylenes is 1. The van der Waals surface area contributed by atoms with Gasteiger partial charge in [0.1, 0.15) is 17.8 Å². The summed E-state index contributed by atoms with van der Waals surface area (Å²) in [5.41, 5.74) is -1.36. The second-order valence-corrected chi connectivity index (χ2v) is 6.80. The van der Waals surface area contributed by atoms with Crippen LogP contribution in [0.3, 0.4) is 0 Å². The Bertz CT molecular complexity index is 825. The van der Waals surface area contributed by atoms with E-state index in [-0.39, 0.29) is 6.54 Å². The van der Waals surface area contributed by atoms with E-state index in [9.17, 15) is 14.4 Å². The molecule has 3 rings (SSSR count). The molecule has 0 aliphatic carbocycles. The third-order valence-electron chi connectivity index (χ3n) is 5.42. The van der Waals surface area contributed by atoms with Crippen molar-refractivity contribution in [1.82, 2.24) is 15.5 Å². The SMILES string of the molecule is C#CC(CC)(CC)NC(=O)CN1C(=O)N[C@]2(CCOc3ccccc32)C1=O. The van der Waals surface area contributed by atoms with Gasteiger partial charge in [0.15, 0.2) is 5.54 Å². The molecule has 1 fully saturated rings. The van der Waals surface area contributed by atoms with Gasteiger partial charge in [0.2, 0.25) is 5.91 Å². The monoisotopic (exact) mass is 369 g/mol. The van der Waals surface area contributed by atoms with Gasteiger partial charge in [0.05, 0.1) is 6.61 Å². The molecule has 2 aliphatic heterocycles. The number of hydrogen-bond donors (Lipinski definition) is 2. The Morgan fingerprint density at radius 3 is 2.74 bits per heavy atom. The largest absolute Gasteiger partial charge is 0.493 e. The number of benzene rings is 1. The molecule has 1 saturated heterocycles. The number of ether oxygens (including phenoxy) is 1. The van der Waals surface area contributed by atoms with E-state index in [1.807, 2.05) is 13.8 Å². The van der Waals surface area contributed by atoms with Gasteiger partial charge in [-0.25, -0.2) is 4.79 Å². The number of para-hydroxylation sites is 1. The van der Waals surface area contributed by atoms with Gasteiger partial charge in [-0.3, -0.25) is 14.5 Å². The van der Waals surface area contributed by atoms with Crippen LogP contribution in [-0.2, 0) is 15.1 Å². The number of carbonyl (C=O) groups is 3. The second-order valence-electron chi connectivity index (χ2n) is 6.80. The molecular formula is C20H23N3O4. The minimum absolute atomic E-state index is 0.301. The van der Waals surface area contributed by atoms with E-state index in [4.69, 9.17) is 11.2 Å². The standard InChI is InChI=1S/C20H23N3O4/c1-4-19(5-2,6-3)21-16(24)13-23-17(25)20(22-18(23)26)11-12-27-15-10-8-7-9-14(15)20/h1,7-10H,5-6,11-13H2,2-3H3,(H,21,24)(H,22,26)/t20-/m0/s1. The summed E-state index contributed by atoms with van der Waals surface area (Å²) in [7, 11) is 0. The number of urea groups is 1. The molecule has 0 bridgehead atoms. The number of rotatable bonds is 5. The fourth-order valence-electron chi connectivity index (χ4n) is 3.63. The Morgan fingerprint density at radius 2 is 2.07 bits per heavy atom. The summed E-state index contributed by atoms with van der Waals surface area (Å²) in [4.78, 5) is 39.1. The van der Waals surface area contributed by atoms with E-state index < -0.39 is 28.9 Å². The van der Waals surface area contributed by atoms with Gasteiger partial charge in [-0.15, -0.1) is 6.42 Å². The number of nitrogens with one attached hydrogen (secondary N) is 2. The zero-order valence-corrected chi connectivity index (χ0v) is 15.5. The Hall–Kier alpha value is -3.01. The van der Waals surface area contributed by atoms with Gasteiger partial charge in [-0.1, -0.05) is 38.0 Å². The number of hydrogen-bond acceptors (Lipinski definition) is 4. The molecule has 0 unspecified atom stereocenters. The van der Waals surface area contributed by atoms with Crippen molar-refractivity contribution in [3.8, 4) is 18.1 Å². The summed E-state index contributed by atoms with van der Waals surface area (Å²) in [6.07, 6.45) is 6.99. The first-order chi connectivity index (χ1) is 12.9. The van der Waals surface area contributed by atoms with Crippen molar-refractivity contribution in [2.45, 2.75) is 44.2 Å². The third-order valence-corrected chi connectivity index (χ3v) is 5.42. The van der Waals surface area contributed by atoms with Crippen LogP contribution in [0.15, 0.2) is 24.3 Å². The molecule has 4 amide bonds. The topological polar surface area (TPSA) is 87.7 Å². The number of imide groups is 1. The van der Waals surface area contributed by atoms with Crippen molar-refractivity contribution in [3.05, 3.63) is 29.8 Å². The highest BCUT2D eigenvalue weighted by Gasteiger charge is 2.55. The summed E-state index contributed by atoms with van der Waals surface area (Å²) < 4.78 is 5.60. The second kappa shape index (κ2) is 6.95. The third kappa shape index (κ3) is 3.01. The van der Waals surface area contributed by atoms with Gasteiger partial charge in [0.25, 0.3) is 5.91 Å². The molecule has 1 atom stereocenters. The van der Waals surface area contributed by atoms with Gasteiger partial charge >= 0.3 is 6.03 Å². The highest BCUT2D eigenvalue weighted by atomic mass is 16.5. The van der Waals surface area contributed by atoms with Crippen LogP contribution in [0.2, 0.25) is 0 Å². The summed E-state index contributed by atoms with van der Waals surface area (Å²) in [5.74, 6) is 2.27. The van der Waals surface area contributed by atoms with Crippen LogP contribution in [0.25, 0.3) is 0 Å². The Kier molecular flexibility index (Phi) is 4.83. The molecule has 7 nitrogen and oxygen atoms in total. The van der Waals surface area contributed by atoms with Crippen molar-refractivity contribution in [2.75, 3.05) is 13.2 Å². The minimum Gasteiger partial charge on any atom is -0.493 e. The van der Waals surface area contributed by atoms with E-state index in [1.54, 1.807) is 24.3 Å². The molecule has 0 aromatic heterocycles. The lowest BCUT2D eigenvalue weighted by molar-refractivity contribution is -0.136. The van der Waals surface area contributed by atoms with Crippen LogP contribution in [-0.4, -0.2) is 41.4 Å². The quantitative estimate of drug-likeness (QED) is 0.609. The normalized spacial score (nSPS) is 21.3. The molecule has 2 aliphatic rings. The fraction of sp³-hybridized carbons (Fsp3) is 0.450. The van der Waals surface area contributed by atoms with Gasteiger partial charge in [0, 0.05) is 12.0 Å². The molecule has 1 aromatic rings. The van der Waals surface area contributed by atoms with Crippen molar-refractivity contribution < 1.29 is 19.1 Å². The first kappa shape index (κ1) is 18.8. The highest BCUT2D eigenvalue weighted by Crippen LogP contribution is 2.40. The van der Waals surface area contributed by atoms with Crippen LogP contribution < -0.4 is 15.4 Å². The number of amides is 4. The van der Waals surface area contributed by atoms with Crippen molar-refractivity contribution in [1.29, 1.82) is 0 Å². The number of nitrogens with zero attached hydrogens (tertiary/aromatic N) is 1. The summed E-state index contributed by atoms with van der Waals surface area (Å²) >= 11 is 0. The van der Waals surface area contributed by atoms with Crippen molar-refractivity contribution in [2.24, 2.45) is 0 Å². The molecule has 2 heterocycles. The summed E-state index contributed by atoms with van der Waals surface area (Å²) in [6, 6.07) is 6.52. The minimum atomic E-state index is -1.19. The zero-order valence-electron chi connectivity index (χ0n) is 15.5. The molecule has 7 heteroatoms. The van der Waals surface area contributed by atoms with E-state index in [0.29, 0.717) is 37.2 Å². The maximum atomic E-state index is 13.1. The zero-order chi connectivity index (χ0) is 19.7. The van der Waals surface area contributed by atoms with E-state index in [0.717, 1.165) is 4.90 Å². The maximum Gasteiger partial charge on any atom is 0.325 e. The highest BCUT2D eigenvalue weighted by molar-refractivity contribution is 6.09. The van der Waals surface area contributed by atoms with Gasteiger partial charge in [-0.2, -0.15) is 0 Å². The van der Waals surface area contributed by atoms with Gasteiger partial charge < -0.3 is 15.4 Å². The molecule has 27 heavy (non-hydrogen) atoms. The average Bonchev–Trinajstić information content (AvgIpc) is 2.91. The predicted molar refractivity (Wildman–Crippen MR) is 98.8 cm³/mol. The summed E-state index contributed by atoms with van der Waals surface area (Å²) in [6.45, 7) is 3.68. The fourth-order valence-corrected chi connectivity index (χ4v) is 3.63. The lowest BCUT2D eigenvalue weighted by Crippen LogP contribution is -2.51. The lowest BCUT2D eigenvalue weighted by atomic mass is 9.84. The molecule has 142 valence electrons. The first-order valence-corrected chi connectivity index (χ1v) is 9.06. The van der Waals surface area contributed by atoms with E-state index >= 15 is 0 Å². The molecule has 1 aromatic carbocycles. The van der Waals surface area contributed by atoms with E-state index in [1.165, 1.54) is 0 Å². The Morgan fingerprint density at radius 1 is 1.37 bits per heavy atom. The Balaban J connectivity index is 1.82. The van der Waals surface area contributed by atoms with Crippen LogP contribution in [0.4, 0.5) is 4.79 Å².